The van der Waals surface area contributed by atoms with Crippen molar-refractivity contribution in [3.8, 4) is 0 Å². The Morgan fingerprint density at radius 3 is 2.56 bits per heavy atom. The number of anilines is 2. The van der Waals surface area contributed by atoms with E-state index < -0.39 is 6.10 Å². The molecular weight excluding hydrogens is 322 g/mol. The first-order valence-electron chi connectivity index (χ1n) is 8.66. The van der Waals surface area contributed by atoms with Gasteiger partial charge in [0.05, 0.1) is 31.6 Å². The van der Waals surface area contributed by atoms with Crippen LogP contribution in [0.5, 0.6) is 0 Å². The largest absolute Gasteiger partial charge is 0.394 e. The van der Waals surface area contributed by atoms with Crippen molar-refractivity contribution < 1.29 is 19.7 Å². The standard InChI is InChI=1S/C18H25N3O4/c22-13-16(23)12-19-14-3-5-15(6-4-14)21-7-1-2-17(18(21)24)20-8-10-25-11-9-20/h2-6,16,19,22-23H,1,7-13H2. The van der Waals surface area contributed by atoms with Crippen molar-refractivity contribution in [1.82, 2.24) is 4.90 Å². The summed E-state index contributed by atoms with van der Waals surface area (Å²) in [6.07, 6.45) is 2.07. The number of hydrogen-bond donors (Lipinski definition) is 3. The van der Waals surface area contributed by atoms with Gasteiger partial charge in [0.25, 0.3) is 5.91 Å². The molecule has 3 N–H and O–H groups in total. The average molecular weight is 347 g/mol. The van der Waals surface area contributed by atoms with Crippen molar-refractivity contribution in [2.75, 3.05) is 56.2 Å². The van der Waals surface area contributed by atoms with E-state index in [1.807, 2.05) is 30.3 Å². The van der Waals surface area contributed by atoms with Crippen LogP contribution in [0.3, 0.4) is 0 Å². The smallest absolute Gasteiger partial charge is 0.274 e. The molecule has 136 valence electrons. The van der Waals surface area contributed by atoms with Crippen LogP contribution in [0.2, 0.25) is 0 Å². The van der Waals surface area contributed by atoms with Crippen molar-refractivity contribution in [1.29, 1.82) is 0 Å². The highest BCUT2D eigenvalue weighted by molar-refractivity contribution is 6.06. The van der Waals surface area contributed by atoms with Crippen LogP contribution in [0.25, 0.3) is 0 Å². The van der Waals surface area contributed by atoms with Gasteiger partial charge in [0.15, 0.2) is 0 Å². The molecule has 0 saturated carbocycles. The maximum Gasteiger partial charge on any atom is 0.274 e. The van der Waals surface area contributed by atoms with Gasteiger partial charge in [0.2, 0.25) is 0 Å². The van der Waals surface area contributed by atoms with Gasteiger partial charge in [-0.1, -0.05) is 6.08 Å². The fourth-order valence-electron chi connectivity index (χ4n) is 3.03. The number of aliphatic hydroxyl groups is 2. The number of ether oxygens (including phenoxy) is 1. The minimum Gasteiger partial charge on any atom is -0.394 e. The minimum atomic E-state index is -0.787. The molecule has 1 saturated heterocycles. The summed E-state index contributed by atoms with van der Waals surface area (Å²) in [5.74, 6) is 0.0320. The highest BCUT2D eigenvalue weighted by Crippen LogP contribution is 2.24. The Labute approximate surface area is 147 Å². The number of morpholine rings is 1. The second-order valence-corrected chi connectivity index (χ2v) is 6.20. The highest BCUT2D eigenvalue weighted by Gasteiger charge is 2.28. The van der Waals surface area contributed by atoms with E-state index in [4.69, 9.17) is 9.84 Å². The highest BCUT2D eigenvalue weighted by atomic mass is 16.5. The zero-order valence-corrected chi connectivity index (χ0v) is 14.2. The van der Waals surface area contributed by atoms with Gasteiger partial charge in [0, 0.05) is 37.6 Å². The molecule has 2 heterocycles. The summed E-state index contributed by atoms with van der Waals surface area (Å²) in [6, 6.07) is 7.54. The fraction of sp³-hybridized carbons (Fsp3) is 0.500. The lowest BCUT2D eigenvalue weighted by Gasteiger charge is -2.35. The Morgan fingerprint density at radius 2 is 1.88 bits per heavy atom. The monoisotopic (exact) mass is 347 g/mol. The van der Waals surface area contributed by atoms with Crippen LogP contribution in [0.1, 0.15) is 6.42 Å². The first-order chi connectivity index (χ1) is 12.2. The van der Waals surface area contributed by atoms with Crippen molar-refractivity contribution in [3.05, 3.63) is 36.0 Å². The maximum atomic E-state index is 12.9. The maximum absolute atomic E-state index is 12.9. The summed E-state index contributed by atoms with van der Waals surface area (Å²) in [7, 11) is 0. The van der Waals surface area contributed by atoms with Gasteiger partial charge in [-0.2, -0.15) is 0 Å². The molecule has 1 aromatic carbocycles. The molecule has 0 bridgehead atoms. The predicted octanol–water partition coefficient (Wildman–Crippen LogP) is 0.404. The molecule has 25 heavy (non-hydrogen) atoms. The van der Waals surface area contributed by atoms with Gasteiger partial charge in [-0.05, 0) is 30.7 Å². The molecule has 2 aliphatic heterocycles. The lowest BCUT2D eigenvalue weighted by atomic mass is 10.1. The predicted molar refractivity (Wildman–Crippen MR) is 95.5 cm³/mol. The van der Waals surface area contributed by atoms with E-state index in [1.165, 1.54) is 0 Å². The molecule has 1 unspecified atom stereocenters. The van der Waals surface area contributed by atoms with Crippen LogP contribution in [0, 0.1) is 0 Å². The molecule has 1 atom stereocenters. The molecule has 2 aliphatic rings. The van der Waals surface area contributed by atoms with Gasteiger partial charge >= 0.3 is 0 Å². The van der Waals surface area contributed by atoms with Crippen LogP contribution in [-0.4, -0.2) is 73.1 Å². The van der Waals surface area contributed by atoms with E-state index in [9.17, 15) is 9.90 Å². The van der Waals surface area contributed by atoms with E-state index in [0.29, 0.717) is 19.8 Å². The first-order valence-corrected chi connectivity index (χ1v) is 8.66. The first kappa shape index (κ1) is 17.7. The lowest BCUT2D eigenvalue weighted by Crippen LogP contribution is -2.45. The Bertz CT molecular complexity index is 611. The van der Waals surface area contributed by atoms with Crippen LogP contribution < -0.4 is 10.2 Å². The van der Waals surface area contributed by atoms with Crippen molar-refractivity contribution in [3.63, 3.8) is 0 Å². The number of amides is 1. The van der Waals surface area contributed by atoms with E-state index >= 15 is 0 Å². The molecule has 1 fully saturated rings. The van der Waals surface area contributed by atoms with Gasteiger partial charge in [-0.15, -0.1) is 0 Å². The molecule has 1 aromatic rings. The molecule has 1 amide bonds. The summed E-state index contributed by atoms with van der Waals surface area (Å²) in [5, 5.41) is 21.3. The van der Waals surface area contributed by atoms with E-state index in [1.54, 1.807) is 4.90 Å². The molecule has 0 aliphatic carbocycles. The molecule has 7 heteroatoms. The molecular formula is C18H25N3O4. The lowest BCUT2D eigenvalue weighted by molar-refractivity contribution is -0.117. The van der Waals surface area contributed by atoms with Crippen LogP contribution in [-0.2, 0) is 9.53 Å². The topological polar surface area (TPSA) is 85.3 Å². The third-order valence-electron chi connectivity index (χ3n) is 4.44. The number of carbonyl (C=O) groups is 1. The Morgan fingerprint density at radius 1 is 1.16 bits per heavy atom. The van der Waals surface area contributed by atoms with Crippen molar-refractivity contribution >= 4 is 17.3 Å². The van der Waals surface area contributed by atoms with Crippen LogP contribution in [0.4, 0.5) is 11.4 Å². The van der Waals surface area contributed by atoms with Gasteiger partial charge < -0.3 is 30.1 Å². The molecule has 0 aromatic heterocycles. The number of carbonyl (C=O) groups excluding carboxylic acids is 1. The summed E-state index contributed by atoms with van der Waals surface area (Å²) in [6.45, 7) is 3.49. The number of benzene rings is 1. The third-order valence-corrected chi connectivity index (χ3v) is 4.44. The Kier molecular flexibility index (Phi) is 5.91. The number of aliphatic hydroxyl groups excluding tert-OH is 2. The van der Waals surface area contributed by atoms with E-state index in [2.05, 4.69) is 10.2 Å². The second-order valence-electron chi connectivity index (χ2n) is 6.20. The fourth-order valence-corrected chi connectivity index (χ4v) is 3.03. The number of nitrogens with zero attached hydrogens (tertiary/aromatic N) is 2. The van der Waals surface area contributed by atoms with Gasteiger partial charge in [-0.25, -0.2) is 0 Å². The zero-order valence-electron chi connectivity index (χ0n) is 14.2. The molecule has 0 spiro atoms. The summed E-state index contributed by atoms with van der Waals surface area (Å²) in [4.78, 5) is 16.8. The van der Waals surface area contributed by atoms with E-state index in [0.717, 1.165) is 36.6 Å². The molecule has 7 nitrogen and oxygen atoms in total. The summed E-state index contributed by atoms with van der Waals surface area (Å²) < 4.78 is 5.36. The van der Waals surface area contributed by atoms with E-state index in [-0.39, 0.29) is 19.1 Å². The summed E-state index contributed by atoms with van der Waals surface area (Å²) >= 11 is 0. The SMILES string of the molecule is O=C1C(N2CCOCC2)=CCCN1c1ccc(NCC(O)CO)cc1. The Balaban J connectivity index is 1.65. The van der Waals surface area contributed by atoms with Crippen molar-refractivity contribution in [2.45, 2.75) is 12.5 Å². The Hall–Kier alpha value is -2.09. The van der Waals surface area contributed by atoms with Crippen LogP contribution in [0.15, 0.2) is 36.0 Å². The summed E-state index contributed by atoms with van der Waals surface area (Å²) in [5.41, 5.74) is 2.46. The average Bonchev–Trinajstić information content (AvgIpc) is 2.67. The molecule has 0 radical (unpaired) electrons. The number of nitrogens with one attached hydrogen (secondary N) is 1. The second kappa shape index (κ2) is 8.33. The van der Waals surface area contributed by atoms with Gasteiger partial charge in [0.1, 0.15) is 0 Å². The quantitative estimate of drug-likeness (QED) is 0.691. The zero-order chi connectivity index (χ0) is 17.6. The van der Waals surface area contributed by atoms with Gasteiger partial charge in [-0.3, -0.25) is 4.79 Å². The minimum absolute atomic E-state index is 0.0320. The number of rotatable bonds is 6. The molecule has 3 rings (SSSR count). The van der Waals surface area contributed by atoms with Crippen molar-refractivity contribution in [2.24, 2.45) is 0 Å². The third kappa shape index (κ3) is 4.31. The van der Waals surface area contributed by atoms with Crippen LogP contribution >= 0.6 is 0 Å². The number of hydrogen-bond acceptors (Lipinski definition) is 6. The normalized spacial score (nSPS) is 19.6.